The van der Waals surface area contributed by atoms with Crippen LogP contribution in [0.25, 0.3) is 21.5 Å². The normalized spacial score (nSPS) is 10.9. The lowest BCUT2D eigenvalue weighted by Gasteiger charge is -2.08. The van der Waals surface area contributed by atoms with E-state index >= 15 is 0 Å². The molecule has 4 nitrogen and oxygen atoms in total. The summed E-state index contributed by atoms with van der Waals surface area (Å²) in [6, 6.07) is 17.8. The van der Waals surface area contributed by atoms with Crippen molar-refractivity contribution in [1.82, 2.24) is 4.98 Å². The van der Waals surface area contributed by atoms with E-state index in [1.54, 1.807) is 11.3 Å². The molecule has 0 atom stereocenters. The summed E-state index contributed by atoms with van der Waals surface area (Å²) >= 11 is 1.56. The highest BCUT2D eigenvalue weighted by Crippen LogP contribution is 2.27. The average Bonchev–Trinajstić information content (AvgIpc) is 3.26. The molecule has 0 aliphatic rings. The Morgan fingerprint density at radius 2 is 1.96 bits per heavy atom. The third kappa shape index (κ3) is 3.19. The predicted molar refractivity (Wildman–Crippen MR) is 101 cm³/mol. The van der Waals surface area contributed by atoms with Crippen LogP contribution < -0.4 is 5.32 Å². The van der Waals surface area contributed by atoms with E-state index in [-0.39, 0.29) is 12.3 Å². The molecule has 0 saturated heterocycles. The predicted octanol–water partition coefficient (Wildman–Crippen LogP) is 5.05. The molecule has 0 radical (unpaired) electrons. The first kappa shape index (κ1) is 15.6. The molecule has 0 fully saturated rings. The first-order valence-corrected chi connectivity index (χ1v) is 8.86. The molecule has 2 aromatic carbocycles. The van der Waals surface area contributed by atoms with Gasteiger partial charge in [0.05, 0.1) is 17.0 Å². The SMILES string of the molecule is Cc1oc(-c2cccs2)nc1CC(=O)Nc1cccc2ccccc12. The summed E-state index contributed by atoms with van der Waals surface area (Å²) in [5.74, 6) is 1.14. The lowest BCUT2D eigenvalue weighted by molar-refractivity contribution is -0.115. The molecule has 0 bridgehead atoms. The van der Waals surface area contributed by atoms with Crippen molar-refractivity contribution in [2.24, 2.45) is 0 Å². The number of aryl methyl sites for hydroxylation is 1. The fraction of sp³-hybridized carbons (Fsp3) is 0.100. The number of hydrogen-bond acceptors (Lipinski definition) is 4. The lowest BCUT2D eigenvalue weighted by Crippen LogP contribution is -2.15. The average molecular weight is 348 g/mol. The first-order chi connectivity index (χ1) is 12.2. The third-order valence-corrected chi connectivity index (χ3v) is 4.87. The fourth-order valence-electron chi connectivity index (χ4n) is 2.78. The molecule has 0 aliphatic heterocycles. The number of aromatic nitrogens is 1. The van der Waals surface area contributed by atoms with Crippen LogP contribution in [-0.2, 0) is 11.2 Å². The molecule has 2 aromatic heterocycles. The Kier molecular flexibility index (Phi) is 4.07. The van der Waals surface area contributed by atoms with E-state index in [4.69, 9.17) is 4.42 Å². The van der Waals surface area contributed by atoms with E-state index in [2.05, 4.69) is 10.3 Å². The Labute approximate surface area is 149 Å². The summed E-state index contributed by atoms with van der Waals surface area (Å²) in [7, 11) is 0. The van der Waals surface area contributed by atoms with Crippen LogP contribution in [0.1, 0.15) is 11.5 Å². The summed E-state index contributed by atoms with van der Waals surface area (Å²) in [4.78, 5) is 17.9. The Hall–Kier alpha value is -2.92. The molecule has 1 N–H and O–H groups in total. The van der Waals surface area contributed by atoms with Crippen molar-refractivity contribution >= 4 is 33.7 Å². The topological polar surface area (TPSA) is 55.1 Å². The maximum absolute atomic E-state index is 12.5. The third-order valence-electron chi connectivity index (χ3n) is 4.02. The molecule has 0 saturated carbocycles. The highest BCUT2D eigenvalue weighted by molar-refractivity contribution is 7.13. The molecule has 124 valence electrons. The zero-order valence-electron chi connectivity index (χ0n) is 13.7. The number of nitrogens with zero attached hydrogens (tertiary/aromatic N) is 1. The van der Waals surface area contributed by atoms with Crippen LogP contribution in [0.4, 0.5) is 5.69 Å². The Bertz CT molecular complexity index is 1030. The monoisotopic (exact) mass is 348 g/mol. The zero-order valence-corrected chi connectivity index (χ0v) is 14.5. The van der Waals surface area contributed by atoms with E-state index in [1.807, 2.05) is 66.9 Å². The van der Waals surface area contributed by atoms with Gasteiger partial charge in [-0.1, -0.05) is 42.5 Å². The Balaban J connectivity index is 1.54. The summed E-state index contributed by atoms with van der Waals surface area (Å²) in [6.07, 6.45) is 0.184. The van der Waals surface area contributed by atoms with E-state index in [0.717, 1.165) is 21.3 Å². The van der Waals surface area contributed by atoms with Crippen molar-refractivity contribution in [1.29, 1.82) is 0 Å². The van der Waals surface area contributed by atoms with Gasteiger partial charge in [-0.15, -0.1) is 11.3 Å². The van der Waals surface area contributed by atoms with Gasteiger partial charge < -0.3 is 9.73 Å². The number of thiophene rings is 1. The maximum atomic E-state index is 12.5. The minimum atomic E-state index is -0.106. The smallest absolute Gasteiger partial charge is 0.236 e. The molecular weight excluding hydrogens is 332 g/mol. The lowest BCUT2D eigenvalue weighted by atomic mass is 10.1. The number of oxazole rings is 1. The summed E-state index contributed by atoms with van der Waals surface area (Å²) in [5, 5.41) is 7.08. The number of carbonyl (C=O) groups excluding carboxylic acids is 1. The van der Waals surface area contributed by atoms with Crippen LogP contribution in [0.3, 0.4) is 0 Å². The van der Waals surface area contributed by atoms with Gasteiger partial charge in [-0.25, -0.2) is 4.98 Å². The van der Waals surface area contributed by atoms with E-state index in [0.29, 0.717) is 17.3 Å². The minimum Gasteiger partial charge on any atom is -0.440 e. The molecule has 0 unspecified atom stereocenters. The number of carbonyl (C=O) groups is 1. The standard InChI is InChI=1S/C20H16N2O2S/c1-13-17(22-20(24-13)18-10-5-11-25-18)12-19(23)21-16-9-4-7-14-6-2-3-8-15(14)16/h2-11H,12H2,1H3,(H,21,23). The molecule has 0 spiro atoms. The summed E-state index contributed by atoms with van der Waals surface area (Å²) in [5.41, 5.74) is 1.48. The molecular formula is C20H16N2O2S. The maximum Gasteiger partial charge on any atom is 0.236 e. The van der Waals surface area contributed by atoms with Crippen LogP contribution in [0.15, 0.2) is 64.4 Å². The molecule has 0 aliphatic carbocycles. The van der Waals surface area contributed by atoms with Gasteiger partial charge >= 0.3 is 0 Å². The summed E-state index contributed by atoms with van der Waals surface area (Å²) < 4.78 is 5.70. The van der Waals surface area contributed by atoms with E-state index in [9.17, 15) is 4.79 Å². The van der Waals surface area contributed by atoms with Crippen LogP contribution in [0.5, 0.6) is 0 Å². The second kappa shape index (κ2) is 6.53. The van der Waals surface area contributed by atoms with Crippen molar-refractivity contribution in [2.45, 2.75) is 13.3 Å². The summed E-state index contributed by atoms with van der Waals surface area (Å²) in [6.45, 7) is 1.84. The number of fused-ring (bicyclic) bond motifs is 1. The van der Waals surface area contributed by atoms with Crippen LogP contribution >= 0.6 is 11.3 Å². The van der Waals surface area contributed by atoms with Crippen LogP contribution in [0.2, 0.25) is 0 Å². The van der Waals surface area contributed by atoms with Crippen molar-refractivity contribution < 1.29 is 9.21 Å². The van der Waals surface area contributed by atoms with Gasteiger partial charge in [-0.2, -0.15) is 0 Å². The second-order valence-electron chi connectivity index (χ2n) is 5.75. The number of anilines is 1. The highest BCUT2D eigenvalue weighted by atomic mass is 32.1. The van der Waals surface area contributed by atoms with Crippen LogP contribution in [-0.4, -0.2) is 10.9 Å². The second-order valence-corrected chi connectivity index (χ2v) is 6.70. The quantitative estimate of drug-likeness (QED) is 0.562. The van der Waals surface area contributed by atoms with Crippen molar-refractivity contribution in [3.8, 4) is 10.8 Å². The van der Waals surface area contributed by atoms with Crippen molar-refractivity contribution in [2.75, 3.05) is 5.32 Å². The number of rotatable bonds is 4. The number of amides is 1. The molecule has 4 aromatic rings. The van der Waals surface area contributed by atoms with E-state index < -0.39 is 0 Å². The van der Waals surface area contributed by atoms with Gasteiger partial charge in [0.15, 0.2) is 0 Å². The molecule has 25 heavy (non-hydrogen) atoms. The van der Waals surface area contributed by atoms with Gasteiger partial charge in [-0.3, -0.25) is 4.79 Å². The van der Waals surface area contributed by atoms with Gasteiger partial charge in [0.25, 0.3) is 0 Å². The molecule has 5 heteroatoms. The zero-order chi connectivity index (χ0) is 17.2. The molecule has 1 amide bonds. The highest BCUT2D eigenvalue weighted by Gasteiger charge is 2.15. The van der Waals surface area contributed by atoms with Gasteiger partial charge in [0.2, 0.25) is 11.8 Å². The van der Waals surface area contributed by atoms with Crippen molar-refractivity contribution in [3.63, 3.8) is 0 Å². The first-order valence-electron chi connectivity index (χ1n) is 7.98. The van der Waals surface area contributed by atoms with Gasteiger partial charge in [0, 0.05) is 11.1 Å². The van der Waals surface area contributed by atoms with E-state index in [1.165, 1.54) is 0 Å². The number of benzene rings is 2. The molecule has 2 heterocycles. The van der Waals surface area contributed by atoms with Crippen molar-refractivity contribution in [3.05, 3.63) is 71.4 Å². The van der Waals surface area contributed by atoms with Gasteiger partial charge in [0.1, 0.15) is 5.76 Å². The van der Waals surface area contributed by atoms with Crippen LogP contribution in [0, 0.1) is 6.92 Å². The largest absolute Gasteiger partial charge is 0.440 e. The Morgan fingerprint density at radius 3 is 2.80 bits per heavy atom. The van der Waals surface area contributed by atoms with Gasteiger partial charge in [-0.05, 0) is 29.8 Å². The number of hydrogen-bond donors (Lipinski definition) is 1. The minimum absolute atomic E-state index is 0.106. The molecule has 4 rings (SSSR count). The number of nitrogens with one attached hydrogen (secondary N) is 1. The fourth-order valence-corrected chi connectivity index (χ4v) is 3.43. The Morgan fingerprint density at radius 1 is 1.12 bits per heavy atom.